The Balaban J connectivity index is 1.89. The fourth-order valence-electron chi connectivity index (χ4n) is 4.02. The summed E-state index contributed by atoms with van der Waals surface area (Å²) in [6.45, 7) is 6.36. The van der Waals surface area contributed by atoms with Crippen molar-refractivity contribution in [3.63, 3.8) is 0 Å². The highest BCUT2D eigenvalue weighted by Gasteiger charge is 2.35. The first-order valence-corrected chi connectivity index (χ1v) is 9.86. The summed E-state index contributed by atoms with van der Waals surface area (Å²) >= 11 is 0. The fraction of sp³-hybridized carbons (Fsp3) is 0.455. The van der Waals surface area contributed by atoms with Crippen LogP contribution in [0.25, 0.3) is 10.8 Å². The summed E-state index contributed by atoms with van der Waals surface area (Å²) in [6, 6.07) is 7.41. The molecule has 0 amide bonds. The number of ether oxygens (including phenoxy) is 3. The molecule has 6 nitrogen and oxygen atoms in total. The maximum atomic E-state index is 12.7. The van der Waals surface area contributed by atoms with E-state index in [0.29, 0.717) is 29.1 Å². The largest absolute Gasteiger partial charge is 0.487 e. The fourth-order valence-corrected chi connectivity index (χ4v) is 4.02. The molecule has 2 aliphatic rings. The summed E-state index contributed by atoms with van der Waals surface area (Å²) < 4.78 is 17.7. The van der Waals surface area contributed by atoms with Gasteiger partial charge in [0, 0.05) is 36.1 Å². The molecule has 0 spiro atoms. The van der Waals surface area contributed by atoms with Crippen LogP contribution in [0.15, 0.2) is 24.3 Å². The van der Waals surface area contributed by atoms with Gasteiger partial charge in [0.15, 0.2) is 17.5 Å². The Morgan fingerprint density at radius 3 is 2.57 bits per heavy atom. The number of carbonyl (C=O) groups is 2. The van der Waals surface area contributed by atoms with E-state index in [0.717, 1.165) is 36.8 Å². The van der Waals surface area contributed by atoms with Crippen molar-refractivity contribution >= 4 is 22.7 Å². The van der Waals surface area contributed by atoms with Gasteiger partial charge >= 0.3 is 11.9 Å². The summed E-state index contributed by atoms with van der Waals surface area (Å²) in [5.74, 6) is 0.580. The zero-order chi connectivity index (χ0) is 19.9. The molecule has 2 heterocycles. The van der Waals surface area contributed by atoms with Crippen molar-refractivity contribution < 1.29 is 29.1 Å². The quantitative estimate of drug-likeness (QED) is 0.650. The lowest BCUT2D eigenvalue weighted by molar-refractivity contribution is -0.658. The Kier molecular flexibility index (Phi) is 4.75. The second-order valence-corrected chi connectivity index (χ2v) is 8.16. The van der Waals surface area contributed by atoms with Crippen LogP contribution in [-0.2, 0) is 16.0 Å². The lowest BCUT2D eigenvalue weighted by Gasteiger charge is -2.34. The zero-order valence-electron chi connectivity index (χ0n) is 16.5. The third kappa shape index (κ3) is 3.44. The maximum Gasteiger partial charge on any atom is 0.370 e. The van der Waals surface area contributed by atoms with E-state index >= 15 is 0 Å². The van der Waals surface area contributed by atoms with Gasteiger partial charge in [-0.3, -0.25) is 4.79 Å². The summed E-state index contributed by atoms with van der Waals surface area (Å²) in [5.41, 5.74) is 0.465. The van der Waals surface area contributed by atoms with Gasteiger partial charge in [-0.2, -0.15) is 0 Å². The van der Waals surface area contributed by atoms with Gasteiger partial charge in [0.05, 0.1) is 6.54 Å². The van der Waals surface area contributed by atoms with Gasteiger partial charge in [-0.1, -0.05) is 24.3 Å². The Morgan fingerprint density at radius 1 is 1.14 bits per heavy atom. The van der Waals surface area contributed by atoms with E-state index in [1.165, 1.54) is 6.92 Å². The monoisotopic (exact) mass is 384 g/mol. The van der Waals surface area contributed by atoms with E-state index in [1.807, 2.05) is 43.4 Å². The van der Waals surface area contributed by atoms with Crippen LogP contribution >= 0.6 is 0 Å². The number of carbonyl (C=O) groups excluding carboxylic acids is 2. The van der Waals surface area contributed by atoms with E-state index in [9.17, 15) is 9.59 Å². The molecule has 0 saturated carbocycles. The van der Waals surface area contributed by atoms with Crippen molar-refractivity contribution in [1.29, 1.82) is 0 Å². The molecule has 0 aromatic heterocycles. The SMILES string of the molecule is CC(=O)Oc1c2c(c3ccccc3c1OC(=O)C1CCC[NH2+]1)OC(C)(C)CC2. The third-order valence-electron chi connectivity index (χ3n) is 5.45. The highest BCUT2D eigenvalue weighted by Crippen LogP contribution is 2.50. The number of hydrogen-bond donors (Lipinski definition) is 1. The summed E-state index contributed by atoms with van der Waals surface area (Å²) in [5, 5.41) is 3.57. The van der Waals surface area contributed by atoms with Gasteiger partial charge in [-0.25, -0.2) is 4.79 Å². The number of quaternary nitrogens is 1. The van der Waals surface area contributed by atoms with Crippen LogP contribution in [0.4, 0.5) is 0 Å². The van der Waals surface area contributed by atoms with Crippen LogP contribution in [-0.4, -0.2) is 30.1 Å². The van der Waals surface area contributed by atoms with Gasteiger partial charge in [-0.15, -0.1) is 0 Å². The van der Waals surface area contributed by atoms with E-state index in [-0.39, 0.29) is 17.6 Å². The summed E-state index contributed by atoms with van der Waals surface area (Å²) in [4.78, 5) is 24.6. The highest BCUT2D eigenvalue weighted by molar-refractivity contribution is 6.00. The maximum absolute atomic E-state index is 12.7. The first-order chi connectivity index (χ1) is 13.4. The highest BCUT2D eigenvalue weighted by atomic mass is 16.6. The van der Waals surface area contributed by atoms with E-state index in [2.05, 4.69) is 0 Å². The number of benzene rings is 2. The van der Waals surface area contributed by atoms with Crippen LogP contribution in [0, 0.1) is 0 Å². The Morgan fingerprint density at radius 2 is 1.89 bits per heavy atom. The number of fused-ring (bicyclic) bond motifs is 3. The van der Waals surface area contributed by atoms with Crippen molar-refractivity contribution in [2.75, 3.05) is 6.54 Å². The van der Waals surface area contributed by atoms with Gasteiger partial charge in [0.2, 0.25) is 0 Å². The molecule has 1 unspecified atom stereocenters. The normalized spacial score (nSPS) is 20.3. The topological polar surface area (TPSA) is 78.4 Å². The minimum atomic E-state index is -0.452. The molecule has 0 bridgehead atoms. The molecular weight excluding hydrogens is 358 g/mol. The van der Waals surface area contributed by atoms with Gasteiger partial charge < -0.3 is 19.5 Å². The van der Waals surface area contributed by atoms with Gasteiger partial charge in [0.25, 0.3) is 0 Å². The summed E-state index contributed by atoms with van der Waals surface area (Å²) in [6.07, 6.45) is 3.23. The number of esters is 2. The Hall–Kier alpha value is -2.60. The zero-order valence-corrected chi connectivity index (χ0v) is 16.5. The molecule has 148 valence electrons. The standard InChI is InChI=1S/C22H25NO5/c1-13(24)26-20-16-10-11-22(2,3)28-18(16)14-7-4-5-8-15(14)19(20)27-21(25)17-9-6-12-23-17/h4-5,7-8,17,23H,6,9-12H2,1-3H3/p+1. The molecule has 2 aromatic carbocycles. The number of rotatable bonds is 3. The predicted molar refractivity (Wildman–Crippen MR) is 104 cm³/mol. The lowest BCUT2D eigenvalue weighted by Crippen LogP contribution is -2.88. The molecule has 1 saturated heterocycles. The lowest BCUT2D eigenvalue weighted by atomic mass is 9.91. The van der Waals surface area contributed by atoms with Crippen molar-refractivity contribution in [1.82, 2.24) is 0 Å². The van der Waals surface area contributed by atoms with Crippen LogP contribution in [0.5, 0.6) is 17.2 Å². The molecule has 2 aliphatic heterocycles. The van der Waals surface area contributed by atoms with Crippen molar-refractivity contribution in [2.45, 2.75) is 58.1 Å². The average Bonchev–Trinajstić information content (AvgIpc) is 3.18. The smallest absolute Gasteiger partial charge is 0.370 e. The molecular formula is C22H26NO5+. The first-order valence-electron chi connectivity index (χ1n) is 9.86. The second kappa shape index (κ2) is 7.09. The molecule has 2 N–H and O–H groups in total. The Labute approximate surface area is 164 Å². The van der Waals surface area contributed by atoms with E-state index < -0.39 is 5.97 Å². The average molecular weight is 384 g/mol. The van der Waals surface area contributed by atoms with Crippen LogP contribution < -0.4 is 19.5 Å². The van der Waals surface area contributed by atoms with Gasteiger partial charge in [0.1, 0.15) is 11.4 Å². The van der Waals surface area contributed by atoms with Crippen LogP contribution in [0.3, 0.4) is 0 Å². The van der Waals surface area contributed by atoms with Crippen LogP contribution in [0.2, 0.25) is 0 Å². The summed E-state index contributed by atoms with van der Waals surface area (Å²) in [7, 11) is 0. The molecule has 1 fully saturated rings. The second-order valence-electron chi connectivity index (χ2n) is 8.16. The molecule has 0 radical (unpaired) electrons. The van der Waals surface area contributed by atoms with Crippen LogP contribution in [0.1, 0.15) is 45.6 Å². The van der Waals surface area contributed by atoms with Crippen molar-refractivity contribution in [2.24, 2.45) is 0 Å². The van der Waals surface area contributed by atoms with Crippen molar-refractivity contribution in [3.05, 3.63) is 29.8 Å². The number of hydrogen-bond acceptors (Lipinski definition) is 5. The minimum absolute atomic E-state index is 0.213. The molecule has 6 heteroatoms. The van der Waals surface area contributed by atoms with E-state index in [4.69, 9.17) is 14.2 Å². The molecule has 2 aromatic rings. The predicted octanol–water partition coefficient (Wildman–Crippen LogP) is 2.50. The Bertz CT molecular complexity index is 944. The third-order valence-corrected chi connectivity index (χ3v) is 5.45. The molecule has 0 aliphatic carbocycles. The molecule has 1 atom stereocenters. The van der Waals surface area contributed by atoms with Crippen molar-refractivity contribution in [3.8, 4) is 17.2 Å². The first kappa shape index (κ1) is 18.7. The molecule has 28 heavy (non-hydrogen) atoms. The number of nitrogens with two attached hydrogens (primary N) is 1. The van der Waals surface area contributed by atoms with Gasteiger partial charge in [-0.05, 0) is 26.7 Å². The molecule has 4 rings (SSSR count). The van der Waals surface area contributed by atoms with E-state index in [1.54, 1.807) is 0 Å². The minimum Gasteiger partial charge on any atom is -0.487 e.